The van der Waals surface area contributed by atoms with Crippen molar-refractivity contribution in [1.82, 2.24) is 10.2 Å². The van der Waals surface area contributed by atoms with Crippen molar-refractivity contribution in [2.75, 3.05) is 18.9 Å². The number of hydrogen-bond donors (Lipinski definition) is 2. The molecule has 0 saturated heterocycles. The van der Waals surface area contributed by atoms with Crippen LogP contribution in [-0.4, -0.2) is 30.3 Å². The third-order valence-corrected chi connectivity index (χ3v) is 5.13. The van der Waals surface area contributed by atoms with E-state index in [9.17, 15) is 9.59 Å². The number of para-hydroxylation sites is 1. The molecule has 2 N–H and O–H groups in total. The van der Waals surface area contributed by atoms with E-state index < -0.39 is 0 Å². The van der Waals surface area contributed by atoms with Gasteiger partial charge in [-0.2, -0.15) is 0 Å². The molecule has 4 aromatic rings. The van der Waals surface area contributed by atoms with Gasteiger partial charge in [-0.05, 0) is 53.7 Å². The molecule has 2 amide bonds. The van der Waals surface area contributed by atoms with Crippen LogP contribution in [0.25, 0.3) is 10.8 Å². The van der Waals surface area contributed by atoms with Crippen molar-refractivity contribution in [3.63, 3.8) is 0 Å². The maximum atomic E-state index is 12.6. The Morgan fingerprint density at radius 3 is 2.50 bits per heavy atom. The third kappa shape index (κ3) is 5.42. The average Bonchev–Trinajstić information content (AvgIpc) is 3.31. The number of hydrogen-bond acceptors (Lipinski definition) is 4. The molecule has 0 atom stereocenters. The van der Waals surface area contributed by atoms with Crippen LogP contribution in [0.3, 0.4) is 0 Å². The van der Waals surface area contributed by atoms with E-state index in [0.29, 0.717) is 23.6 Å². The lowest BCUT2D eigenvalue weighted by Crippen LogP contribution is -2.31. The zero-order valence-electron chi connectivity index (χ0n) is 17.9. The van der Waals surface area contributed by atoms with Gasteiger partial charge in [0, 0.05) is 6.54 Å². The summed E-state index contributed by atoms with van der Waals surface area (Å²) in [4.78, 5) is 27.2. The molecule has 32 heavy (non-hydrogen) atoms. The van der Waals surface area contributed by atoms with Crippen LogP contribution in [0.5, 0.6) is 0 Å². The predicted octanol–water partition coefficient (Wildman–Crippen LogP) is 4.43. The molecule has 0 fully saturated rings. The Balaban J connectivity index is 1.35. The fourth-order valence-electron chi connectivity index (χ4n) is 3.61. The molecular formula is C26H25N3O3. The van der Waals surface area contributed by atoms with E-state index in [1.165, 1.54) is 10.8 Å². The van der Waals surface area contributed by atoms with E-state index in [4.69, 9.17) is 4.42 Å². The van der Waals surface area contributed by atoms with E-state index in [1.54, 1.807) is 42.7 Å². The fraction of sp³-hybridized carbons (Fsp3) is 0.154. The second-order valence-electron chi connectivity index (χ2n) is 7.71. The van der Waals surface area contributed by atoms with E-state index >= 15 is 0 Å². The number of fused-ring (bicyclic) bond motifs is 1. The third-order valence-electron chi connectivity index (χ3n) is 5.13. The Morgan fingerprint density at radius 1 is 0.906 bits per heavy atom. The number of likely N-dealkylation sites (N-methyl/N-ethyl adjacent to an activating group) is 1. The molecule has 0 aliphatic carbocycles. The normalized spacial score (nSPS) is 10.9. The second kappa shape index (κ2) is 9.94. The molecule has 0 spiro atoms. The molecule has 6 heteroatoms. The van der Waals surface area contributed by atoms with Crippen molar-refractivity contribution < 1.29 is 14.0 Å². The van der Waals surface area contributed by atoms with Crippen LogP contribution in [-0.2, 0) is 17.9 Å². The fourth-order valence-corrected chi connectivity index (χ4v) is 3.61. The van der Waals surface area contributed by atoms with Gasteiger partial charge in [0.15, 0.2) is 0 Å². The average molecular weight is 428 g/mol. The molecule has 0 unspecified atom stereocenters. The van der Waals surface area contributed by atoms with Gasteiger partial charge in [0.1, 0.15) is 5.76 Å². The zero-order valence-corrected chi connectivity index (χ0v) is 17.9. The van der Waals surface area contributed by atoms with Crippen molar-refractivity contribution in [2.24, 2.45) is 0 Å². The van der Waals surface area contributed by atoms with Crippen molar-refractivity contribution in [1.29, 1.82) is 0 Å². The summed E-state index contributed by atoms with van der Waals surface area (Å²) >= 11 is 0. The minimum absolute atomic E-state index is 0.181. The Bertz CT molecular complexity index is 1220. The van der Waals surface area contributed by atoms with Gasteiger partial charge >= 0.3 is 0 Å². The molecular weight excluding hydrogens is 402 g/mol. The lowest BCUT2D eigenvalue weighted by molar-refractivity contribution is -0.117. The summed E-state index contributed by atoms with van der Waals surface area (Å²) in [5.74, 6) is 0.205. The molecule has 6 nitrogen and oxygen atoms in total. The molecule has 0 aliphatic rings. The molecule has 1 heterocycles. The first kappa shape index (κ1) is 21.3. The Labute approximate surface area is 186 Å². The minimum atomic E-state index is -0.276. The highest BCUT2D eigenvalue weighted by molar-refractivity contribution is 6.04. The summed E-state index contributed by atoms with van der Waals surface area (Å²) in [6.07, 6.45) is 1.56. The summed E-state index contributed by atoms with van der Waals surface area (Å²) in [5, 5.41) is 8.05. The smallest absolute Gasteiger partial charge is 0.253 e. The molecule has 162 valence electrons. The van der Waals surface area contributed by atoms with Gasteiger partial charge in [-0.15, -0.1) is 0 Å². The number of nitrogens with one attached hydrogen (secondary N) is 2. The molecule has 0 radical (unpaired) electrons. The quantitative estimate of drug-likeness (QED) is 0.436. The van der Waals surface area contributed by atoms with E-state index in [2.05, 4.69) is 41.0 Å². The van der Waals surface area contributed by atoms with Crippen LogP contribution in [0.2, 0.25) is 0 Å². The SMILES string of the molecule is CN(CC(=O)Nc1ccccc1C(=O)NCc1ccco1)Cc1ccc2ccccc2c1. The van der Waals surface area contributed by atoms with Gasteiger partial charge in [0.25, 0.3) is 5.91 Å². The molecule has 1 aromatic heterocycles. The van der Waals surface area contributed by atoms with Gasteiger partial charge in [-0.1, -0.05) is 48.5 Å². The van der Waals surface area contributed by atoms with Crippen LogP contribution in [0, 0.1) is 0 Å². The van der Waals surface area contributed by atoms with Crippen LogP contribution in [0.4, 0.5) is 5.69 Å². The molecule has 0 aliphatic heterocycles. The number of furan rings is 1. The number of benzene rings is 3. The van der Waals surface area contributed by atoms with Crippen molar-refractivity contribution in [3.05, 3.63) is 102 Å². The van der Waals surface area contributed by atoms with Crippen LogP contribution >= 0.6 is 0 Å². The topological polar surface area (TPSA) is 74.6 Å². The number of amides is 2. The van der Waals surface area contributed by atoms with Crippen LogP contribution < -0.4 is 10.6 Å². The zero-order chi connectivity index (χ0) is 22.3. The summed E-state index contributed by atoms with van der Waals surface area (Å²) in [6, 6.07) is 25.0. The summed E-state index contributed by atoms with van der Waals surface area (Å²) < 4.78 is 5.24. The highest BCUT2D eigenvalue weighted by Crippen LogP contribution is 2.18. The van der Waals surface area contributed by atoms with Gasteiger partial charge in [0.2, 0.25) is 5.91 Å². The number of nitrogens with zero attached hydrogens (tertiary/aromatic N) is 1. The molecule has 3 aromatic carbocycles. The molecule has 4 rings (SSSR count). The Hall–Kier alpha value is -3.90. The van der Waals surface area contributed by atoms with E-state index in [-0.39, 0.29) is 24.9 Å². The summed E-state index contributed by atoms with van der Waals surface area (Å²) in [6.45, 7) is 1.13. The monoisotopic (exact) mass is 427 g/mol. The largest absolute Gasteiger partial charge is 0.467 e. The standard InChI is InChI=1S/C26H25N3O3/c1-29(17-19-12-13-20-7-2-3-8-21(20)15-19)18-25(30)28-24-11-5-4-10-23(24)26(31)27-16-22-9-6-14-32-22/h2-15H,16-18H2,1H3,(H,27,31)(H,28,30). The molecule has 0 saturated carbocycles. The van der Waals surface area contributed by atoms with Crippen molar-refractivity contribution in [2.45, 2.75) is 13.1 Å². The van der Waals surface area contributed by atoms with Crippen LogP contribution in [0.1, 0.15) is 21.7 Å². The lowest BCUT2D eigenvalue weighted by Gasteiger charge is -2.17. The minimum Gasteiger partial charge on any atom is -0.467 e. The van der Waals surface area contributed by atoms with Gasteiger partial charge in [0.05, 0.1) is 30.6 Å². The van der Waals surface area contributed by atoms with Crippen molar-refractivity contribution >= 4 is 28.3 Å². The Kier molecular flexibility index (Phi) is 6.63. The highest BCUT2D eigenvalue weighted by atomic mass is 16.3. The first-order valence-corrected chi connectivity index (χ1v) is 10.4. The number of rotatable bonds is 8. The lowest BCUT2D eigenvalue weighted by atomic mass is 10.1. The Morgan fingerprint density at radius 2 is 1.69 bits per heavy atom. The predicted molar refractivity (Wildman–Crippen MR) is 125 cm³/mol. The maximum Gasteiger partial charge on any atom is 0.253 e. The number of carbonyl (C=O) groups excluding carboxylic acids is 2. The first-order valence-electron chi connectivity index (χ1n) is 10.4. The molecule has 0 bridgehead atoms. The van der Waals surface area contributed by atoms with E-state index in [0.717, 1.165) is 5.56 Å². The maximum absolute atomic E-state index is 12.6. The van der Waals surface area contributed by atoms with Crippen molar-refractivity contribution in [3.8, 4) is 0 Å². The summed E-state index contributed by atoms with van der Waals surface area (Å²) in [7, 11) is 1.90. The van der Waals surface area contributed by atoms with Crippen LogP contribution in [0.15, 0.2) is 89.5 Å². The van der Waals surface area contributed by atoms with E-state index in [1.807, 2.05) is 24.1 Å². The van der Waals surface area contributed by atoms with Gasteiger partial charge < -0.3 is 15.1 Å². The first-order chi connectivity index (χ1) is 15.6. The highest BCUT2D eigenvalue weighted by Gasteiger charge is 2.14. The number of carbonyl (C=O) groups is 2. The van der Waals surface area contributed by atoms with Gasteiger partial charge in [-0.3, -0.25) is 14.5 Å². The second-order valence-corrected chi connectivity index (χ2v) is 7.71. The summed E-state index contributed by atoms with van der Waals surface area (Å²) in [5.41, 5.74) is 2.02. The number of anilines is 1. The van der Waals surface area contributed by atoms with Gasteiger partial charge in [-0.25, -0.2) is 0 Å².